The van der Waals surface area contributed by atoms with E-state index in [0.29, 0.717) is 38.0 Å². The summed E-state index contributed by atoms with van der Waals surface area (Å²) >= 11 is 0. The number of carbonyl (C=O) groups is 1. The van der Waals surface area contributed by atoms with Gasteiger partial charge in [-0.05, 0) is 69.9 Å². The molecule has 10 heteroatoms. The highest BCUT2D eigenvalue weighted by molar-refractivity contribution is 5.95. The van der Waals surface area contributed by atoms with Gasteiger partial charge in [-0.3, -0.25) is 0 Å². The molecule has 2 aliphatic rings. The zero-order valence-corrected chi connectivity index (χ0v) is 26.2. The summed E-state index contributed by atoms with van der Waals surface area (Å²) < 4.78 is 7.47. The van der Waals surface area contributed by atoms with Crippen LogP contribution in [-0.4, -0.2) is 67.0 Å². The third-order valence-electron chi connectivity index (χ3n) is 8.60. The lowest BCUT2D eigenvalue weighted by molar-refractivity contribution is 0.0616. The lowest BCUT2D eigenvalue weighted by Gasteiger charge is -2.42. The van der Waals surface area contributed by atoms with Gasteiger partial charge in [0.2, 0.25) is 0 Å². The number of anilines is 1. The molecule has 232 valence electrons. The number of carbonyl (C=O) groups excluding carboxylic acids is 1. The van der Waals surface area contributed by atoms with E-state index in [9.17, 15) is 9.90 Å². The number of urea groups is 1. The monoisotopic (exact) mass is 605 g/mol. The van der Waals surface area contributed by atoms with Crippen LogP contribution in [-0.2, 0) is 6.54 Å². The number of hydrogen-bond acceptors (Lipinski definition) is 7. The second kappa shape index (κ2) is 11.3. The second-order valence-electron chi connectivity index (χ2n) is 13.0. The van der Waals surface area contributed by atoms with E-state index >= 15 is 0 Å². The maximum Gasteiger partial charge on any atom is 0.317 e. The van der Waals surface area contributed by atoms with Crippen molar-refractivity contribution in [3.8, 4) is 22.5 Å². The first-order valence-electron chi connectivity index (χ1n) is 15.6. The minimum Gasteiger partial charge on any atom is -0.389 e. The van der Waals surface area contributed by atoms with Crippen LogP contribution in [0.4, 0.5) is 10.6 Å². The van der Waals surface area contributed by atoms with Crippen LogP contribution in [0.2, 0.25) is 0 Å². The molecular weight excluding hydrogens is 566 g/mol. The number of fused-ring (bicyclic) bond motifs is 1. The van der Waals surface area contributed by atoms with E-state index < -0.39 is 5.60 Å². The average molecular weight is 606 g/mol. The van der Waals surface area contributed by atoms with Crippen molar-refractivity contribution in [3.63, 3.8) is 0 Å². The van der Waals surface area contributed by atoms with Crippen molar-refractivity contribution in [3.05, 3.63) is 84.0 Å². The zero-order chi connectivity index (χ0) is 31.3. The van der Waals surface area contributed by atoms with Gasteiger partial charge in [0, 0.05) is 54.6 Å². The molecular formula is C35H39N7O3. The molecule has 3 aromatic heterocycles. The first-order valence-corrected chi connectivity index (χ1v) is 15.6. The summed E-state index contributed by atoms with van der Waals surface area (Å²) in [4.78, 5) is 27.7. The van der Waals surface area contributed by atoms with Crippen molar-refractivity contribution in [2.24, 2.45) is 0 Å². The molecule has 2 N–H and O–H groups in total. The van der Waals surface area contributed by atoms with Crippen molar-refractivity contribution in [1.29, 1.82) is 0 Å². The lowest BCUT2D eigenvalue weighted by Crippen LogP contribution is -2.53. The summed E-state index contributed by atoms with van der Waals surface area (Å²) in [5.41, 5.74) is 4.75. The van der Waals surface area contributed by atoms with Crippen LogP contribution in [0.5, 0.6) is 0 Å². The molecule has 1 atom stereocenters. The number of aliphatic hydroxyl groups is 1. The SMILES string of the molecule is Cc1noc(C)c1-c1ccc2nc(-c3ccn(CC(C)(C)O)c3)nc(N3CCN(C(=O)NC4CC4)C[C@@H]3c3ccccc3)c2c1. The Labute approximate surface area is 262 Å². The number of hydrogen-bond donors (Lipinski definition) is 2. The summed E-state index contributed by atoms with van der Waals surface area (Å²) in [5.74, 6) is 2.18. The van der Waals surface area contributed by atoms with Crippen LogP contribution in [0.15, 0.2) is 71.5 Å². The lowest BCUT2D eigenvalue weighted by atomic mass is 9.99. The fourth-order valence-electron chi connectivity index (χ4n) is 6.30. The van der Waals surface area contributed by atoms with Gasteiger partial charge in [-0.1, -0.05) is 41.6 Å². The van der Waals surface area contributed by atoms with Gasteiger partial charge in [0.15, 0.2) is 5.82 Å². The topological polar surface area (TPSA) is 113 Å². The summed E-state index contributed by atoms with van der Waals surface area (Å²) in [6.45, 7) is 9.64. The number of aromatic nitrogens is 4. The highest BCUT2D eigenvalue weighted by Gasteiger charge is 2.35. The largest absolute Gasteiger partial charge is 0.389 e. The Balaban J connectivity index is 1.36. The molecule has 2 fully saturated rings. The molecule has 0 radical (unpaired) electrons. The third-order valence-corrected chi connectivity index (χ3v) is 8.60. The van der Waals surface area contributed by atoms with Gasteiger partial charge in [0.05, 0.1) is 29.4 Å². The van der Waals surface area contributed by atoms with Crippen LogP contribution in [0.3, 0.4) is 0 Å². The molecule has 1 aliphatic heterocycles. The third kappa shape index (κ3) is 6.02. The van der Waals surface area contributed by atoms with Crippen molar-refractivity contribution in [1.82, 2.24) is 29.9 Å². The Morgan fingerprint density at radius 3 is 2.56 bits per heavy atom. The van der Waals surface area contributed by atoms with Crippen LogP contribution in [0.1, 0.15) is 49.7 Å². The highest BCUT2D eigenvalue weighted by Crippen LogP contribution is 2.38. The first kappa shape index (κ1) is 29.0. The molecule has 7 rings (SSSR count). The summed E-state index contributed by atoms with van der Waals surface area (Å²) in [6.07, 6.45) is 6.03. The highest BCUT2D eigenvalue weighted by atomic mass is 16.5. The molecule has 1 aliphatic carbocycles. The van der Waals surface area contributed by atoms with E-state index in [1.807, 2.05) is 66.0 Å². The smallest absolute Gasteiger partial charge is 0.317 e. The fourth-order valence-corrected chi connectivity index (χ4v) is 6.30. The number of benzene rings is 2. The molecule has 45 heavy (non-hydrogen) atoms. The second-order valence-corrected chi connectivity index (χ2v) is 13.0. The van der Waals surface area contributed by atoms with Crippen molar-refractivity contribution < 1.29 is 14.4 Å². The number of nitrogens with one attached hydrogen (secondary N) is 1. The molecule has 2 amide bonds. The van der Waals surface area contributed by atoms with Crippen LogP contribution < -0.4 is 10.2 Å². The molecule has 0 spiro atoms. The van der Waals surface area contributed by atoms with E-state index in [2.05, 4.69) is 39.6 Å². The van der Waals surface area contributed by atoms with E-state index in [1.54, 1.807) is 13.8 Å². The van der Waals surface area contributed by atoms with Gasteiger partial charge in [-0.25, -0.2) is 14.8 Å². The van der Waals surface area contributed by atoms with Crippen molar-refractivity contribution >= 4 is 22.8 Å². The van der Waals surface area contributed by atoms with Crippen LogP contribution in [0.25, 0.3) is 33.4 Å². The number of nitrogens with zero attached hydrogens (tertiary/aromatic N) is 6. The number of aryl methyl sites for hydroxylation is 2. The summed E-state index contributed by atoms with van der Waals surface area (Å²) in [5, 5.41) is 18.7. The molecule has 0 bridgehead atoms. The fraction of sp³-hybridized carbons (Fsp3) is 0.371. The van der Waals surface area contributed by atoms with E-state index in [0.717, 1.165) is 63.3 Å². The summed E-state index contributed by atoms with van der Waals surface area (Å²) in [7, 11) is 0. The zero-order valence-electron chi connectivity index (χ0n) is 26.2. The first-order chi connectivity index (χ1) is 21.6. The number of amides is 2. The standard InChI is InChI=1S/C35H39N7O3/c1-22-31(23(2)45-39-22)25-10-13-29-28(18-25)33(38-32(37-29)26-14-15-40(19-26)21-35(3,4)44)42-17-16-41(34(43)36-27-11-12-27)20-30(42)24-8-6-5-7-9-24/h5-10,13-15,18-19,27,30,44H,11-12,16-17,20-21H2,1-4H3,(H,36,43)/t30-/m1/s1. The van der Waals surface area contributed by atoms with E-state index in [-0.39, 0.29) is 12.1 Å². The minimum atomic E-state index is -0.853. The maximum absolute atomic E-state index is 13.2. The molecule has 1 saturated carbocycles. The van der Waals surface area contributed by atoms with E-state index in [1.165, 1.54) is 0 Å². The number of piperazine rings is 1. The molecule has 4 heterocycles. The van der Waals surface area contributed by atoms with Gasteiger partial charge in [-0.15, -0.1) is 0 Å². The normalized spacial score (nSPS) is 17.2. The van der Waals surface area contributed by atoms with Gasteiger partial charge < -0.3 is 29.3 Å². The van der Waals surface area contributed by atoms with Gasteiger partial charge >= 0.3 is 6.03 Å². The molecule has 1 saturated heterocycles. The van der Waals surface area contributed by atoms with Gasteiger partial charge in [-0.2, -0.15) is 0 Å². The quantitative estimate of drug-likeness (QED) is 0.238. The van der Waals surface area contributed by atoms with Crippen LogP contribution in [0, 0.1) is 13.8 Å². The Bertz CT molecular complexity index is 1830. The predicted octanol–water partition coefficient (Wildman–Crippen LogP) is 5.88. The van der Waals surface area contributed by atoms with Gasteiger partial charge in [0.25, 0.3) is 0 Å². The Kier molecular flexibility index (Phi) is 7.32. The number of rotatable bonds is 7. The predicted molar refractivity (Wildman–Crippen MR) is 174 cm³/mol. The summed E-state index contributed by atoms with van der Waals surface area (Å²) in [6, 6.07) is 18.7. The maximum atomic E-state index is 13.2. The Morgan fingerprint density at radius 1 is 1.04 bits per heavy atom. The van der Waals surface area contributed by atoms with Crippen molar-refractivity contribution in [2.75, 3.05) is 24.5 Å². The van der Waals surface area contributed by atoms with E-state index in [4.69, 9.17) is 14.5 Å². The average Bonchev–Trinajstić information content (AvgIpc) is 3.61. The van der Waals surface area contributed by atoms with Gasteiger partial charge in [0.1, 0.15) is 11.6 Å². The Morgan fingerprint density at radius 2 is 1.84 bits per heavy atom. The van der Waals surface area contributed by atoms with Crippen LogP contribution >= 0.6 is 0 Å². The Hall–Kier alpha value is -4.70. The molecule has 5 aromatic rings. The minimum absolute atomic E-state index is 0.000146. The van der Waals surface area contributed by atoms with Crippen molar-refractivity contribution in [2.45, 2.75) is 64.8 Å². The molecule has 0 unspecified atom stereocenters. The molecule has 2 aromatic carbocycles. The molecule has 10 nitrogen and oxygen atoms in total.